The molecule has 0 spiro atoms. The minimum Gasteiger partial charge on any atom is -0.322 e. The van der Waals surface area contributed by atoms with E-state index in [2.05, 4.69) is 36.0 Å². The number of carbonyl (C=O) groups is 3. The second-order valence-corrected chi connectivity index (χ2v) is 14.3. The van der Waals surface area contributed by atoms with Gasteiger partial charge in [0, 0.05) is 70.4 Å². The molecule has 0 bridgehead atoms. The average molecular weight is 804 g/mol. The topological polar surface area (TPSA) is 253 Å². The van der Waals surface area contributed by atoms with E-state index in [1.165, 1.54) is 36.4 Å². The molecule has 2 unspecified atom stereocenters. The number of rotatable bonds is 10. The third kappa shape index (κ3) is 10.1. The summed E-state index contributed by atoms with van der Waals surface area (Å²) in [5.74, 6) is -1.43. The Balaban J connectivity index is 0.00000336. The molecule has 2 aliphatic rings. The molecule has 4 aromatic rings. The van der Waals surface area contributed by atoms with E-state index >= 15 is 0 Å². The quantitative estimate of drug-likeness (QED) is 0.116. The maximum absolute atomic E-state index is 13.0. The first-order valence-electron chi connectivity index (χ1n) is 15.3. The molecule has 272 valence electrons. The largest absolute Gasteiger partial charge is 0.322 e. The van der Waals surface area contributed by atoms with E-state index in [1.807, 2.05) is 0 Å². The SMILES string of the molecule is CC1=NN(c2ccc(S(=O)(=O)O)cc2)C(=O)C1N=Nc1ccc(NC(=O)c2ccc(N=NC3C(=O)N(c4ccc(S(=O)(=O)O)cc4)N=C3C)cc2)cc1.[Na].[Na]. The predicted octanol–water partition coefficient (Wildman–Crippen LogP) is 4.42. The molecule has 0 aromatic heterocycles. The fourth-order valence-electron chi connectivity index (χ4n) is 5.01. The normalized spacial score (nSPS) is 17.2. The predicted molar refractivity (Wildman–Crippen MR) is 203 cm³/mol. The van der Waals surface area contributed by atoms with Crippen LogP contribution in [0, 0.1) is 0 Å². The van der Waals surface area contributed by atoms with Crippen LogP contribution in [-0.4, -0.2) is 126 Å². The molecule has 0 fully saturated rings. The van der Waals surface area contributed by atoms with Crippen molar-refractivity contribution in [2.45, 2.75) is 35.7 Å². The summed E-state index contributed by atoms with van der Waals surface area (Å²) in [6.45, 7) is 3.20. The Labute approximate surface area is 358 Å². The third-order valence-corrected chi connectivity index (χ3v) is 9.52. The number of hydrazone groups is 2. The zero-order chi connectivity index (χ0) is 38.1. The summed E-state index contributed by atoms with van der Waals surface area (Å²) >= 11 is 0. The minimum absolute atomic E-state index is 0. The van der Waals surface area contributed by atoms with Gasteiger partial charge >= 0.3 is 0 Å². The second kappa shape index (κ2) is 17.6. The molecule has 0 saturated carbocycles. The average Bonchev–Trinajstić information content (AvgIpc) is 3.58. The van der Waals surface area contributed by atoms with Gasteiger partial charge in [0.2, 0.25) is 0 Å². The van der Waals surface area contributed by atoms with E-state index in [0.717, 1.165) is 34.3 Å². The number of hydrogen-bond donors (Lipinski definition) is 3. The maximum Gasteiger partial charge on any atom is 0.294 e. The molecule has 4 aromatic carbocycles. The Bertz CT molecular complexity index is 2460. The van der Waals surface area contributed by atoms with Crippen LogP contribution in [0.1, 0.15) is 24.2 Å². The van der Waals surface area contributed by atoms with Gasteiger partial charge in [-0.2, -0.15) is 57.5 Å². The van der Waals surface area contributed by atoms with Gasteiger partial charge < -0.3 is 5.32 Å². The summed E-state index contributed by atoms with van der Waals surface area (Å²) in [5.41, 5.74) is 2.81. The molecule has 6 rings (SSSR count). The summed E-state index contributed by atoms with van der Waals surface area (Å²) in [4.78, 5) is 38.1. The number of hydrogen-bond acceptors (Lipinski definition) is 13. The van der Waals surface area contributed by atoms with Gasteiger partial charge in [-0.1, -0.05) is 0 Å². The van der Waals surface area contributed by atoms with Gasteiger partial charge in [-0.15, -0.1) is 0 Å². The standard InChI is InChI=1S/C33H27N9O9S2.2Na/c1-19-29(32(44)41(39-19)25-11-15-27(16-12-25)52(46,47)48)37-35-23-5-3-21(4-6-23)31(43)34-22-7-9-24(10-8-22)36-38-30-20(2)40-42(33(30)45)26-13-17-28(18-14-26)53(49,50)51;;/h3-18,29-30H,1-2H3,(H,34,43)(H,46,47,48)(H,49,50,51);;. The number of anilines is 3. The van der Waals surface area contributed by atoms with Crippen molar-refractivity contribution in [3.8, 4) is 0 Å². The third-order valence-electron chi connectivity index (χ3n) is 7.78. The zero-order valence-electron chi connectivity index (χ0n) is 29.5. The van der Waals surface area contributed by atoms with E-state index in [0.29, 0.717) is 34.0 Å². The Morgan fingerprint density at radius 3 is 1.35 bits per heavy atom. The Morgan fingerprint density at radius 1 is 0.618 bits per heavy atom. The van der Waals surface area contributed by atoms with Crippen molar-refractivity contribution in [3.05, 3.63) is 103 Å². The molecule has 0 aliphatic carbocycles. The summed E-state index contributed by atoms with van der Waals surface area (Å²) in [6, 6.07) is 20.4. The van der Waals surface area contributed by atoms with Gasteiger partial charge in [0.1, 0.15) is 0 Å². The van der Waals surface area contributed by atoms with Crippen LogP contribution >= 0.6 is 0 Å². The monoisotopic (exact) mass is 803 g/mol. The number of nitrogens with one attached hydrogen (secondary N) is 1. The van der Waals surface area contributed by atoms with E-state index < -0.39 is 50.0 Å². The first-order valence-corrected chi connectivity index (χ1v) is 18.2. The van der Waals surface area contributed by atoms with E-state index in [-0.39, 0.29) is 80.3 Å². The van der Waals surface area contributed by atoms with Crippen LogP contribution in [0.4, 0.5) is 28.4 Å². The van der Waals surface area contributed by atoms with Crippen LogP contribution in [0.3, 0.4) is 0 Å². The molecule has 2 radical (unpaired) electrons. The van der Waals surface area contributed by atoms with E-state index in [4.69, 9.17) is 0 Å². The number of azo groups is 2. The van der Waals surface area contributed by atoms with Crippen LogP contribution in [-0.2, 0) is 29.8 Å². The van der Waals surface area contributed by atoms with Crippen LogP contribution in [0.15, 0.2) is 138 Å². The van der Waals surface area contributed by atoms with Crippen molar-refractivity contribution in [3.63, 3.8) is 0 Å². The van der Waals surface area contributed by atoms with E-state index in [1.54, 1.807) is 50.2 Å². The fraction of sp³-hybridized carbons (Fsp3) is 0.121. The minimum atomic E-state index is -4.39. The number of nitrogens with zero attached hydrogens (tertiary/aromatic N) is 8. The molecule has 55 heavy (non-hydrogen) atoms. The molecule has 18 nitrogen and oxygen atoms in total. The molecule has 2 atom stereocenters. The van der Waals surface area contributed by atoms with Crippen molar-refractivity contribution >= 4 is 137 Å². The van der Waals surface area contributed by atoms with Crippen molar-refractivity contribution in [1.29, 1.82) is 0 Å². The Hall–Kier alpha value is -4.35. The van der Waals surface area contributed by atoms with Gasteiger partial charge in [0.25, 0.3) is 38.0 Å². The smallest absolute Gasteiger partial charge is 0.294 e. The molecule has 3 N–H and O–H groups in total. The summed E-state index contributed by atoms with van der Waals surface area (Å²) < 4.78 is 63.5. The van der Waals surface area contributed by atoms with Gasteiger partial charge in [-0.05, 0) is 111 Å². The second-order valence-electron chi connectivity index (χ2n) is 11.5. The van der Waals surface area contributed by atoms with Crippen molar-refractivity contribution in [2.75, 3.05) is 15.3 Å². The first-order chi connectivity index (χ1) is 25.1. The molecular weight excluding hydrogens is 777 g/mol. The molecular formula is C33H27N9Na2O9S2. The molecule has 0 saturated heterocycles. The van der Waals surface area contributed by atoms with Crippen molar-refractivity contribution in [2.24, 2.45) is 30.7 Å². The number of amides is 3. The Morgan fingerprint density at radius 2 is 0.982 bits per heavy atom. The summed E-state index contributed by atoms with van der Waals surface area (Å²) in [5, 5.41) is 29.8. The van der Waals surface area contributed by atoms with Gasteiger partial charge in [0.05, 0.1) is 44.0 Å². The number of benzene rings is 4. The molecule has 22 heteroatoms. The summed E-state index contributed by atoms with van der Waals surface area (Å²) in [6.07, 6.45) is 0. The van der Waals surface area contributed by atoms with Crippen LogP contribution < -0.4 is 15.3 Å². The van der Waals surface area contributed by atoms with E-state index in [9.17, 15) is 40.3 Å². The fourth-order valence-corrected chi connectivity index (χ4v) is 5.97. The maximum atomic E-state index is 13.0. The van der Waals surface area contributed by atoms with Crippen LogP contribution in [0.5, 0.6) is 0 Å². The van der Waals surface area contributed by atoms with Crippen LogP contribution in [0.25, 0.3) is 0 Å². The van der Waals surface area contributed by atoms with Gasteiger partial charge in [-0.25, -0.2) is 0 Å². The van der Waals surface area contributed by atoms with Gasteiger partial charge in [0.15, 0.2) is 12.1 Å². The molecule has 3 amide bonds. The molecule has 2 heterocycles. The van der Waals surface area contributed by atoms with Crippen LogP contribution in [0.2, 0.25) is 0 Å². The molecule has 2 aliphatic heterocycles. The zero-order valence-corrected chi connectivity index (χ0v) is 35.2. The van der Waals surface area contributed by atoms with Crippen molar-refractivity contribution < 1.29 is 40.3 Å². The number of carbonyl (C=O) groups excluding carboxylic acids is 3. The first kappa shape index (κ1) is 43.4. The summed E-state index contributed by atoms with van der Waals surface area (Å²) in [7, 11) is -8.78. The van der Waals surface area contributed by atoms with Gasteiger partial charge in [-0.3, -0.25) is 23.5 Å². The Kier molecular flexibility index (Phi) is 13.9. The van der Waals surface area contributed by atoms with Crippen molar-refractivity contribution in [1.82, 2.24) is 0 Å².